The second kappa shape index (κ2) is 6.44. The molecule has 1 aliphatic heterocycles. The van der Waals surface area contributed by atoms with E-state index in [9.17, 15) is 0 Å². The summed E-state index contributed by atoms with van der Waals surface area (Å²) in [5.41, 5.74) is 2.50. The van der Waals surface area contributed by atoms with E-state index in [2.05, 4.69) is 30.1 Å². The van der Waals surface area contributed by atoms with E-state index in [1.807, 2.05) is 12.1 Å². The Kier molecular flexibility index (Phi) is 4.90. The molecule has 0 bridgehead atoms. The number of nitrogens with one attached hydrogen (secondary N) is 1. The maximum absolute atomic E-state index is 6.38. The van der Waals surface area contributed by atoms with Gasteiger partial charge in [-0.05, 0) is 37.9 Å². The van der Waals surface area contributed by atoms with Gasteiger partial charge >= 0.3 is 0 Å². The lowest BCUT2D eigenvalue weighted by molar-refractivity contribution is 0.502. The number of aryl methyl sites for hydroxylation is 1. The number of halogens is 1. The van der Waals surface area contributed by atoms with Gasteiger partial charge in [0, 0.05) is 19.1 Å². The van der Waals surface area contributed by atoms with Gasteiger partial charge in [-0.25, -0.2) is 0 Å². The van der Waals surface area contributed by atoms with Crippen molar-refractivity contribution < 1.29 is 0 Å². The summed E-state index contributed by atoms with van der Waals surface area (Å²) in [5, 5.41) is 4.52. The van der Waals surface area contributed by atoms with Gasteiger partial charge in [0.05, 0.1) is 10.7 Å². The number of hydrogen-bond acceptors (Lipinski definition) is 2. The first-order valence-electron chi connectivity index (χ1n) is 6.95. The van der Waals surface area contributed by atoms with Gasteiger partial charge < -0.3 is 10.2 Å². The van der Waals surface area contributed by atoms with Crippen molar-refractivity contribution in [3.63, 3.8) is 0 Å². The normalized spacial score (nSPS) is 20.8. The summed E-state index contributed by atoms with van der Waals surface area (Å²) in [7, 11) is 0. The lowest BCUT2D eigenvalue weighted by Crippen LogP contribution is -2.37. The predicted molar refractivity (Wildman–Crippen MR) is 79.7 cm³/mol. The van der Waals surface area contributed by atoms with Crippen LogP contribution >= 0.6 is 11.6 Å². The molecule has 3 heteroatoms. The van der Waals surface area contributed by atoms with Crippen LogP contribution < -0.4 is 10.2 Å². The molecule has 100 valence electrons. The molecular formula is C15H23ClN2. The number of benzene rings is 1. The smallest absolute Gasteiger partial charge is 0.0642 e. The van der Waals surface area contributed by atoms with E-state index in [0.717, 1.165) is 24.7 Å². The van der Waals surface area contributed by atoms with Crippen LogP contribution in [-0.2, 0) is 0 Å². The molecule has 0 spiro atoms. The number of nitrogens with zero attached hydrogens (tertiary/aromatic N) is 1. The Bertz CT molecular complexity index is 372. The molecule has 1 aromatic carbocycles. The van der Waals surface area contributed by atoms with Crippen molar-refractivity contribution in [3.05, 3.63) is 28.8 Å². The van der Waals surface area contributed by atoms with E-state index in [0.29, 0.717) is 6.04 Å². The monoisotopic (exact) mass is 266 g/mol. The highest BCUT2D eigenvalue weighted by Crippen LogP contribution is 2.30. The minimum atomic E-state index is 0.591. The van der Waals surface area contributed by atoms with Crippen molar-refractivity contribution in [2.75, 3.05) is 24.5 Å². The number of hydrogen-bond donors (Lipinski definition) is 1. The number of para-hydroxylation sites is 1. The third-order valence-corrected chi connectivity index (χ3v) is 3.93. The van der Waals surface area contributed by atoms with Crippen molar-refractivity contribution >= 4 is 17.3 Å². The Hall–Kier alpha value is -0.730. The van der Waals surface area contributed by atoms with Gasteiger partial charge in [-0.3, -0.25) is 0 Å². The Morgan fingerprint density at radius 1 is 1.44 bits per heavy atom. The first kappa shape index (κ1) is 13.7. The summed E-state index contributed by atoms with van der Waals surface area (Å²) in [4.78, 5) is 2.46. The molecule has 2 rings (SSSR count). The first-order chi connectivity index (χ1) is 8.72. The molecule has 1 heterocycles. The molecule has 0 aromatic heterocycles. The van der Waals surface area contributed by atoms with E-state index in [1.165, 1.54) is 30.5 Å². The summed E-state index contributed by atoms with van der Waals surface area (Å²) < 4.78 is 0. The second-order valence-electron chi connectivity index (χ2n) is 5.14. The molecule has 0 saturated carbocycles. The molecule has 1 aromatic rings. The highest BCUT2D eigenvalue weighted by atomic mass is 35.5. The zero-order valence-electron chi connectivity index (χ0n) is 11.4. The van der Waals surface area contributed by atoms with Crippen LogP contribution in [0.2, 0.25) is 5.02 Å². The van der Waals surface area contributed by atoms with Crippen LogP contribution in [0.3, 0.4) is 0 Å². The fraction of sp³-hybridized carbons (Fsp3) is 0.600. The summed E-state index contributed by atoms with van der Waals surface area (Å²) >= 11 is 6.38. The van der Waals surface area contributed by atoms with Gasteiger partial charge in [-0.2, -0.15) is 0 Å². The van der Waals surface area contributed by atoms with E-state index < -0.39 is 0 Å². The number of anilines is 1. The summed E-state index contributed by atoms with van der Waals surface area (Å²) in [6.07, 6.45) is 3.65. The van der Waals surface area contributed by atoms with E-state index >= 15 is 0 Å². The molecule has 1 unspecified atom stereocenters. The third kappa shape index (κ3) is 3.18. The Labute approximate surface area is 115 Å². The lowest BCUT2D eigenvalue weighted by atomic mass is 10.1. The summed E-state index contributed by atoms with van der Waals surface area (Å²) in [6, 6.07) is 6.76. The quantitative estimate of drug-likeness (QED) is 0.899. The van der Waals surface area contributed by atoms with E-state index in [4.69, 9.17) is 11.6 Å². The van der Waals surface area contributed by atoms with Gasteiger partial charge in [-0.1, -0.05) is 37.1 Å². The van der Waals surface area contributed by atoms with Crippen molar-refractivity contribution in [1.82, 2.24) is 5.32 Å². The molecule has 1 N–H and O–H groups in total. The average Bonchev–Trinajstić information content (AvgIpc) is 2.55. The first-order valence-corrected chi connectivity index (χ1v) is 7.33. The van der Waals surface area contributed by atoms with Crippen LogP contribution in [0.25, 0.3) is 0 Å². The standard InChI is InChI=1S/C15H23ClN2/c1-3-6-13-11-18(10-5-9-17-13)15-12(2)7-4-8-14(15)16/h4,7-8,13,17H,3,5-6,9-11H2,1-2H3. The molecule has 0 radical (unpaired) electrons. The minimum absolute atomic E-state index is 0.591. The fourth-order valence-electron chi connectivity index (χ4n) is 2.77. The molecule has 0 amide bonds. The average molecular weight is 267 g/mol. The van der Waals surface area contributed by atoms with Gasteiger partial charge in [0.2, 0.25) is 0 Å². The van der Waals surface area contributed by atoms with Gasteiger partial charge in [0.25, 0.3) is 0 Å². The predicted octanol–water partition coefficient (Wildman–Crippen LogP) is 3.62. The van der Waals surface area contributed by atoms with Crippen LogP contribution in [-0.4, -0.2) is 25.7 Å². The lowest BCUT2D eigenvalue weighted by Gasteiger charge is -2.28. The molecule has 1 saturated heterocycles. The van der Waals surface area contributed by atoms with Crippen LogP contribution in [0.1, 0.15) is 31.7 Å². The van der Waals surface area contributed by atoms with Crippen LogP contribution in [0, 0.1) is 6.92 Å². The van der Waals surface area contributed by atoms with Crippen LogP contribution in [0.4, 0.5) is 5.69 Å². The van der Waals surface area contributed by atoms with Gasteiger partial charge in [0.15, 0.2) is 0 Å². The van der Waals surface area contributed by atoms with Crippen molar-refractivity contribution in [3.8, 4) is 0 Å². The molecule has 1 atom stereocenters. The zero-order chi connectivity index (χ0) is 13.0. The van der Waals surface area contributed by atoms with Gasteiger partial charge in [-0.15, -0.1) is 0 Å². The molecule has 1 aliphatic rings. The molecule has 18 heavy (non-hydrogen) atoms. The summed E-state index contributed by atoms with van der Waals surface area (Å²) in [6.45, 7) is 7.67. The highest BCUT2D eigenvalue weighted by molar-refractivity contribution is 6.33. The van der Waals surface area contributed by atoms with Crippen LogP contribution in [0.15, 0.2) is 18.2 Å². The maximum Gasteiger partial charge on any atom is 0.0642 e. The Balaban J connectivity index is 2.20. The van der Waals surface area contributed by atoms with Crippen molar-refractivity contribution in [1.29, 1.82) is 0 Å². The molecule has 1 fully saturated rings. The SMILES string of the molecule is CCCC1CN(c2c(C)cccc2Cl)CCCN1. The van der Waals surface area contributed by atoms with E-state index in [1.54, 1.807) is 0 Å². The van der Waals surface area contributed by atoms with Crippen molar-refractivity contribution in [2.24, 2.45) is 0 Å². The molecule has 0 aliphatic carbocycles. The third-order valence-electron chi connectivity index (χ3n) is 3.62. The Morgan fingerprint density at radius 2 is 2.28 bits per heavy atom. The number of rotatable bonds is 3. The second-order valence-corrected chi connectivity index (χ2v) is 5.55. The Morgan fingerprint density at radius 3 is 3.00 bits per heavy atom. The maximum atomic E-state index is 6.38. The minimum Gasteiger partial charge on any atom is -0.369 e. The van der Waals surface area contributed by atoms with Crippen LogP contribution in [0.5, 0.6) is 0 Å². The largest absolute Gasteiger partial charge is 0.369 e. The van der Waals surface area contributed by atoms with Gasteiger partial charge in [0.1, 0.15) is 0 Å². The topological polar surface area (TPSA) is 15.3 Å². The fourth-order valence-corrected chi connectivity index (χ4v) is 3.11. The van der Waals surface area contributed by atoms with E-state index in [-0.39, 0.29) is 0 Å². The zero-order valence-corrected chi connectivity index (χ0v) is 12.1. The molecular weight excluding hydrogens is 244 g/mol. The van der Waals surface area contributed by atoms with Crippen molar-refractivity contribution in [2.45, 2.75) is 39.2 Å². The molecule has 2 nitrogen and oxygen atoms in total. The summed E-state index contributed by atoms with van der Waals surface area (Å²) in [5.74, 6) is 0. The highest BCUT2D eigenvalue weighted by Gasteiger charge is 2.20.